The number of nitrogens with two attached hydrogens (primary N) is 1. The van der Waals surface area contributed by atoms with E-state index >= 15 is 0 Å². The van der Waals surface area contributed by atoms with E-state index in [0.717, 1.165) is 31.1 Å². The van der Waals surface area contributed by atoms with Crippen molar-refractivity contribution in [2.75, 3.05) is 37.3 Å². The van der Waals surface area contributed by atoms with E-state index in [2.05, 4.69) is 26.4 Å². The molecule has 0 radical (unpaired) electrons. The Hall–Kier alpha value is -2.48. The lowest BCUT2D eigenvalue weighted by molar-refractivity contribution is 0.0961. The Bertz CT molecular complexity index is 756. The van der Waals surface area contributed by atoms with E-state index in [4.69, 9.17) is 15.2 Å². The Labute approximate surface area is 153 Å². The number of anilines is 2. The van der Waals surface area contributed by atoms with E-state index in [-0.39, 0.29) is 12.1 Å². The predicted octanol–water partition coefficient (Wildman–Crippen LogP) is 1.64. The van der Waals surface area contributed by atoms with Gasteiger partial charge in [0.1, 0.15) is 12.7 Å². The molecule has 1 aromatic heterocycles. The van der Waals surface area contributed by atoms with Gasteiger partial charge in [0.25, 0.3) is 0 Å². The zero-order chi connectivity index (χ0) is 17.9. The Morgan fingerprint density at radius 1 is 1.27 bits per heavy atom. The number of nitrogens with one attached hydrogen (secondary N) is 1. The van der Waals surface area contributed by atoms with Gasteiger partial charge in [0.05, 0.1) is 6.54 Å². The van der Waals surface area contributed by atoms with Gasteiger partial charge in [-0.2, -0.15) is 4.98 Å². The molecule has 1 atom stereocenters. The second kappa shape index (κ2) is 7.41. The summed E-state index contributed by atoms with van der Waals surface area (Å²) in [5.41, 5.74) is 6.81. The van der Waals surface area contributed by atoms with Crippen LogP contribution in [0.5, 0.6) is 11.5 Å². The number of fused-ring (bicyclic) bond motifs is 1. The number of piperidine rings is 1. The fraction of sp³-hybridized carbons (Fsp3) is 0.556. The summed E-state index contributed by atoms with van der Waals surface area (Å²) in [6.45, 7) is 4.29. The van der Waals surface area contributed by atoms with Crippen molar-refractivity contribution in [3.8, 4) is 11.5 Å². The van der Waals surface area contributed by atoms with Gasteiger partial charge in [-0.1, -0.05) is 18.6 Å². The molecule has 140 valence electrons. The first-order valence-corrected chi connectivity index (χ1v) is 9.23. The van der Waals surface area contributed by atoms with Crippen LogP contribution in [0.3, 0.4) is 0 Å². The molecule has 0 aliphatic carbocycles. The van der Waals surface area contributed by atoms with Gasteiger partial charge in [0, 0.05) is 19.2 Å². The average Bonchev–Trinajstić information content (AvgIpc) is 2.98. The number of benzene rings is 1. The number of aromatic nitrogens is 3. The predicted molar refractivity (Wildman–Crippen MR) is 99.4 cm³/mol. The van der Waals surface area contributed by atoms with Crippen molar-refractivity contribution >= 4 is 11.9 Å². The van der Waals surface area contributed by atoms with Crippen LogP contribution in [0.15, 0.2) is 18.2 Å². The molecule has 26 heavy (non-hydrogen) atoms. The fourth-order valence-electron chi connectivity index (χ4n) is 3.54. The average molecular weight is 358 g/mol. The number of hydrogen-bond donors (Lipinski definition) is 2. The lowest BCUT2D eigenvalue weighted by atomic mass is 10.1. The fourth-order valence-corrected chi connectivity index (χ4v) is 3.54. The van der Waals surface area contributed by atoms with Gasteiger partial charge in [-0.05, 0) is 32.0 Å². The molecule has 1 aromatic carbocycles. The number of nitrogens with zero attached hydrogens (tertiary/aromatic N) is 4. The van der Waals surface area contributed by atoms with Crippen LogP contribution in [-0.2, 0) is 13.6 Å². The van der Waals surface area contributed by atoms with E-state index in [0.29, 0.717) is 19.1 Å². The van der Waals surface area contributed by atoms with Crippen LogP contribution in [0.2, 0.25) is 0 Å². The number of rotatable bonds is 5. The molecule has 8 nitrogen and oxygen atoms in total. The first-order chi connectivity index (χ1) is 12.7. The normalized spacial score (nSPS) is 20.1. The SMILES string of the molecule is Cn1nc(N)nc1NCC1COc2cccc(CN3CCCCC3)c2O1. The molecule has 1 unspecified atom stereocenters. The van der Waals surface area contributed by atoms with E-state index in [9.17, 15) is 0 Å². The smallest absolute Gasteiger partial charge is 0.241 e. The molecule has 8 heteroatoms. The van der Waals surface area contributed by atoms with Crippen molar-refractivity contribution in [1.29, 1.82) is 0 Å². The van der Waals surface area contributed by atoms with Gasteiger partial charge in [0.15, 0.2) is 11.5 Å². The maximum absolute atomic E-state index is 6.27. The first-order valence-electron chi connectivity index (χ1n) is 9.23. The van der Waals surface area contributed by atoms with Crippen LogP contribution in [0.4, 0.5) is 11.9 Å². The van der Waals surface area contributed by atoms with Crippen LogP contribution >= 0.6 is 0 Å². The van der Waals surface area contributed by atoms with Crippen LogP contribution in [-0.4, -0.2) is 52.0 Å². The monoisotopic (exact) mass is 358 g/mol. The summed E-state index contributed by atoms with van der Waals surface area (Å²) < 4.78 is 13.8. The Morgan fingerprint density at radius 2 is 2.12 bits per heavy atom. The summed E-state index contributed by atoms with van der Waals surface area (Å²) in [5, 5.41) is 7.26. The number of nitrogen functional groups attached to an aromatic ring is 1. The third kappa shape index (κ3) is 3.70. The second-order valence-electron chi connectivity index (χ2n) is 6.93. The van der Waals surface area contributed by atoms with Crippen LogP contribution in [0.1, 0.15) is 24.8 Å². The van der Waals surface area contributed by atoms with Crippen molar-refractivity contribution in [2.24, 2.45) is 7.05 Å². The Morgan fingerprint density at radius 3 is 2.88 bits per heavy atom. The van der Waals surface area contributed by atoms with Gasteiger partial charge in [-0.3, -0.25) is 4.90 Å². The Kier molecular flexibility index (Phi) is 4.83. The lowest BCUT2D eigenvalue weighted by Crippen LogP contribution is -2.36. The molecule has 0 saturated carbocycles. The maximum atomic E-state index is 6.27. The molecular formula is C18H26N6O2. The largest absolute Gasteiger partial charge is 0.486 e. The molecular weight excluding hydrogens is 332 g/mol. The molecule has 3 N–H and O–H groups in total. The molecule has 0 spiro atoms. The summed E-state index contributed by atoms with van der Waals surface area (Å²) in [6, 6.07) is 6.15. The number of likely N-dealkylation sites (tertiary alicyclic amines) is 1. The van der Waals surface area contributed by atoms with E-state index in [1.807, 2.05) is 12.1 Å². The van der Waals surface area contributed by atoms with Crippen LogP contribution < -0.4 is 20.5 Å². The van der Waals surface area contributed by atoms with Gasteiger partial charge in [-0.15, -0.1) is 5.10 Å². The molecule has 0 bridgehead atoms. The molecule has 1 fully saturated rings. The second-order valence-corrected chi connectivity index (χ2v) is 6.93. The molecule has 2 aromatic rings. The molecule has 2 aliphatic rings. The van der Waals surface area contributed by atoms with E-state index in [1.54, 1.807) is 11.7 Å². The third-order valence-corrected chi connectivity index (χ3v) is 4.88. The molecule has 1 saturated heterocycles. The van der Waals surface area contributed by atoms with Crippen molar-refractivity contribution in [3.05, 3.63) is 23.8 Å². The van der Waals surface area contributed by atoms with Crippen molar-refractivity contribution in [3.63, 3.8) is 0 Å². The standard InChI is InChI=1S/C18H26N6O2/c1-23-18(21-17(19)22-23)20-10-14-12-25-15-7-5-6-13(16(15)26-14)11-24-8-3-2-4-9-24/h5-7,14H,2-4,8-12H2,1H3,(H3,19,20,21,22). The molecule has 0 amide bonds. The maximum Gasteiger partial charge on any atom is 0.241 e. The molecule has 4 rings (SSSR count). The number of para-hydroxylation sites is 1. The third-order valence-electron chi connectivity index (χ3n) is 4.88. The number of aryl methyl sites for hydroxylation is 1. The van der Waals surface area contributed by atoms with Gasteiger partial charge >= 0.3 is 0 Å². The van der Waals surface area contributed by atoms with Crippen molar-refractivity contribution < 1.29 is 9.47 Å². The zero-order valence-electron chi connectivity index (χ0n) is 15.1. The zero-order valence-corrected chi connectivity index (χ0v) is 15.1. The summed E-state index contributed by atoms with van der Waals surface area (Å²) in [4.78, 5) is 6.64. The van der Waals surface area contributed by atoms with Gasteiger partial charge < -0.3 is 20.5 Å². The van der Waals surface area contributed by atoms with Crippen LogP contribution in [0.25, 0.3) is 0 Å². The molecule has 2 aliphatic heterocycles. The number of hydrogen-bond acceptors (Lipinski definition) is 7. The van der Waals surface area contributed by atoms with Gasteiger partial charge in [-0.25, -0.2) is 4.68 Å². The summed E-state index contributed by atoms with van der Waals surface area (Å²) in [6.07, 6.45) is 3.80. The summed E-state index contributed by atoms with van der Waals surface area (Å²) in [5.74, 6) is 2.58. The highest BCUT2D eigenvalue weighted by Gasteiger charge is 2.25. The summed E-state index contributed by atoms with van der Waals surface area (Å²) in [7, 11) is 1.80. The van der Waals surface area contributed by atoms with E-state index in [1.165, 1.54) is 24.8 Å². The minimum absolute atomic E-state index is 0.0945. The highest BCUT2D eigenvalue weighted by Crippen LogP contribution is 2.36. The topological polar surface area (TPSA) is 90.5 Å². The lowest BCUT2D eigenvalue weighted by Gasteiger charge is -2.31. The Balaban J connectivity index is 1.42. The first kappa shape index (κ1) is 17.0. The van der Waals surface area contributed by atoms with Gasteiger partial charge in [0.2, 0.25) is 11.9 Å². The van der Waals surface area contributed by atoms with Crippen molar-refractivity contribution in [2.45, 2.75) is 31.9 Å². The summed E-state index contributed by atoms with van der Waals surface area (Å²) >= 11 is 0. The highest BCUT2D eigenvalue weighted by molar-refractivity contribution is 5.48. The number of ether oxygens (including phenoxy) is 2. The quantitative estimate of drug-likeness (QED) is 0.839. The van der Waals surface area contributed by atoms with E-state index < -0.39 is 0 Å². The van der Waals surface area contributed by atoms with Crippen LogP contribution in [0, 0.1) is 0 Å². The minimum atomic E-state index is -0.0945. The highest BCUT2D eigenvalue weighted by atomic mass is 16.6. The molecule has 3 heterocycles. The minimum Gasteiger partial charge on any atom is -0.486 e. The van der Waals surface area contributed by atoms with Crippen molar-refractivity contribution in [1.82, 2.24) is 19.7 Å².